The summed E-state index contributed by atoms with van der Waals surface area (Å²) in [6.45, 7) is 8.50. The van der Waals surface area contributed by atoms with E-state index in [9.17, 15) is 0 Å². The zero-order valence-corrected chi connectivity index (χ0v) is 9.44. The van der Waals surface area contributed by atoms with Crippen molar-refractivity contribution in [1.29, 1.82) is 0 Å². The van der Waals surface area contributed by atoms with E-state index in [1.807, 2.05) is 0 Å². The first-order valence-corrected chi connectivity index (χ1v) is 5.22. The van der Waals surface area contributed by atoms with Crippen molar-refractivity contribution in [2.45, 2.75) is 0 Å². The summed E-state index contributed by atoms with van der Waals surface area (Å²) in [4.78, 5) is 2.30. The van der Waals surface area contributed by atoms with Crippen LogP contribution in [0.3, 0.4) is 0 Å². The Morgan fingerprint density at radius 1 is 1.43 bits per heavy atom. The molecule has 1 rings (SSSR count). The summed E-state index contributed by atoms with van der Waals surface area (Å²) in [7, 11) is 2.13. The van der Waals surface area contributed by atoms with Gasteiger partial charge in [-0.2, -0.15) is 0 Å². The van der Waals surface area contributed by atoms with Crippen LogP contribution < -0.4 is 10.7 Å². The number of piperazine rings is 1. The van der Waals surface area contributed by atoms with Crippen molar-refractivity contribution in [2.24, 2.45) is 0 Å². The van der Waals surface area contributed by atoms with E-state index in [2.05, 4.69) is 34.3 Å². The van der Waals surface area contributed by atoms with Gasteiger partial charge in [0, 0.05) is 32.7 Å². The molecule has 2 N–H and O–H groups in total. The fraction of sp³-hybridized carbons (Fsp3) is 0.667. The topological polar surface area (TPSA) is 30.5 Å². The number of thiocarbonyl (C=S) groups is 1. The van der Waals surface area contributed by atoms with E-state index in [-0.39, 0.29) is 0 Å². The van der Waals surface area contributed by atoms with Crippen LogP contribution in [0.2, 0.25) is 0 Å². The Labute approximate surface area is 90.9 Å². The molecule has 4 nitrogen and oxygen atoms in total. The molecule has 0 radical (unpaired) electrons. The third-order valence-electron chi connectivity index (χ3n) is 2.17. The lowest BCUT2D eigenvalue weighted by molar-refractivity contribution is 0.130. The number of nitrogens with zero attached hydrogens (tertiary/aromatic N) is 2. The van der Waals surface area contributed by atoms with Crippen LogP contribution in [0, 0.1) is 0 Å². The van der Waals surface area contributed by atoms with Gasteiger partial charge in [-0.3, -0.25) is 5.43 Å². The molecule has 0 bridgehead atoms. The Kier molecular flexibility index (Phi) is 4.86. The summed E-state index contributed by atoms with van der Waals surface area (Å²) in [6.07, 6.45) is 1.79. The van der Waals surface area contributed by atoms with E-state index in [1.54, 1.807) is 6.08 Å². The molecule has 1 aliphatic rings. The first-order chi connectivity index (χ1) is 6.72. The maximum atomic E-state index is 5.10. The van der Waals surface area contributed by atoms with Gasteiger partial charge in [-0.1, -0.05) is 6.08 Å². The van der Waals surface area contributed by atoms with Gasteiger partial charge in [0.05, 0.1) is 0 Å². The molecule has 0 aromatic rings. The van der Waals surface area contributed by atoms with Crippen LogP contribution in [0.25, 0.3) is 0 Å². The second-order valence-electron chi connectivity index (χ2n) is 3.40. The molecule has 5 heteroatoms. The molecule has 0 atom stereocenters. The normalized spacial score (nSPS) is 18.9. The third kappa shape index (κ3) is 4.04. The van der Waals surface area contributed by atoms with Crippen molar-refractivity contribution in [3.63, 3.8) is 0 Å². The van der Waals surface area contributed by atoms with E-state index in [4.69, 9.17) is 12.2 Å². The molecule has 0 aliphatic carbocycles. The molecule has 1 aliphatic heterocycles. The average Bonchev–Trinajstić information content (AvgIpc) is 2.18. The Bertz CT molecular complexity index is 199. The second-order valence-corrected chi connectivity index (χ2v) is 3.81. The molecule has 0 amide bonds. The predicted octanol–water partition coefficient (Wildman–Crippen LogP) is -0.201. The summed E-state index contributed by atoms with van der Waals surface area (Å²) >= 11 is 5.10. The fourth-order valence-corrected chi connectivity index (χ4v) is 1.48. The molecule has 0 spiro atoms. The highest BCUT2D eigenvalue weighted by atomic mass is 32.1. The van der Waals surface area contributed by atoms with Gasteiger partial charge in [0.2, 0.25) is 0 Å². The van der Waals surface area contributed by atoms with Gasteiger partial charge in [0.15, 0.2) is 5.11 Å². The van der Waals surface area contributed by atoms with Crippen LogP contribution >= 0.6 is 12.2 Å². The van der Waals surface area contributed by atoms with Gasteiger partial charge in [0.25, 0.3) is 0 Å². The second kappa shape index (κ2) is 5.95. The third-order valence-corrected chi connectivity index (χ3v) is 2.41. The molecule has 14 heavy (non-hydrogen) atoms. The molecule has 0 aromatic heterocycles. The van der Waals surface area contributed by atoms with Gasteiger partial charge < -0.3 is 10.2 Å². The maximum absolute atomic E-state index is 5.10. The molecular formula is C9H18N4S. The zero-order valence-electron chi connectivity index (χ0n) is 8.62. The standard InChI is InChI=1S/C9H18N4S/c1-3-4-10-9(14)11-13-7-5-12(2)6-8-13/h3H,1,4-8H2,2H3,(H2,10,11,14). The minimum Gasteiger partial charge on any atom is -0.358 e. The molecular weight excluding hydrogens is 196 g/mol. The van der Waals surface area contributed by atoms with Crippen molar-refractivity contribution >= 4 is 17.3 Å². The van der Waals surface area contributed by atoms with E-state index in [0.717, 1.165) is 26.2 Å². The highest BCUT2D eigenvalue weighted by Gasteiger charge is 2.13. The Balaban J connectivity index is 2.17. The fourth-order valence-electron chi connectivity index (χ4n) is 1.27. The van der Waals surface area contributed by atoms with Gasteiger partial charge in [-0.25, -0.2) is 5.01 Å². The van der Waals surface area contributed by atoms with E-state index >= 15 is 0 Å². The van der Waals surface area contributed by atoms with Crippen molar-refractivity contribution in [3.8, 4) is 0 Å². The van der Waals surface area contributed by atoms with Crippen LogP contribution in [0.1, 0.15) is 0 Å². The number of hydrazine groups is 1. The van der Waals surface area contributed by atoms with Gasteiger partial charge in [-0.15, -0.1) is 6.58 Å². The summed E-state index contributed by atoms with van der Waals surface area (Å²) < 4.78 is 0. The smallest absolute Gasteiger partial charge is 0.181 e. The van der Waals surface area contributed by atoms with Crippen LogP contribution in [-0.2, 0) is 0 Å². The van der Waals surface area contributed by atoms with Gasteiger partial charge >= 0.3 is 0 Å². The molecule has 80 valence electrons. The van der Waals surface area contributed by atoms with Crippen LogP contribution in [0.5, 0.6) is 0 Å². The summed E-state index contributed by atoms with van der Waals surface area (Å²) in [5, 5.41) is 5.85. The van der Waals surface area contributed by atoms with E-state index in [0.29, 0.717) is 11.7 Å². The van der Waals surface area contributed by atoms with Crippen LogP contribution in [-0.4, -0.2) is 54.8 Å². The molecule has 1 fully saturated rings. The number of hydrogen-bond acceptors (Lipinski definition) is 3. The molecule has 1 heterocycles. The largest absolute Gasteiger partial charge is 0.358 e. The minimum absolute atomic E-state index is 0.675. The first-order valence-electron chi connectivity index (χ1n) is 4.81. The zero-order chi connectivity index (χ0) is 10.4. The van der Waals surface area contributed by atoms with Gasteiger partial charge in [-0.05, 0) is 19.3 Å². The summed E-state index contributed by atoms with van der Waals surface area (Å²) in [6, 6.07) is 0. The highest BCUT2D eigenvalue weighted by molar-refractivity contribution is 7.80. The van der Waals surface area contributed by atoms with Crippen LogP contribution in [0.4, 0.5) is 0 Å². The molecule has 1 saturated heterocycles. The summed E-state index contributed by atoms with van der Waals surface area (Å²) in [5.74, 6) is 0. The van der Waals surface area contributed by atoms with Crippen molar-refractivity contribution in [3.05, 3.63) is 12.7 Å². The first kappa shape index (κ1) is 11.4. The average molecular weight is 214 g/mol. The Morgan fingerprint density at radius 3 is 2.64 bits per heavy atom. The Hall–Kier alpha value is -0.650. The number of rotatable bonds is 3. The van der Waals surface area contributed by atoms with Crippen molar-refractivity contribution in [1.82, 2.24) is 20.7 Å². The van der Waals surface area contributed by atoms with Crippen molar-refractivity contribution < 1.29 is 0 Å². The predicted molar refractivity (Wildman–Crippen MR) is 63.0 cm³/mol. The van der Waals surface area contributed by atoms with Crippen LogP contribution in [0.15, 0.2) is 12.7 Å². The lowest BCUT2D eigenvalue weighted by Crippen LogP contribution is -2.54. The highest BCUT2D eigenvalue weighted by Crippen LogP contribution is 1.94. The molecule has 0 saturated carbocycles. The SMILES string of the molecule is C=CCNC(=S)NN1CCN(C)CC1. The van der Waals surface area contributed by atoms with Gasteiger partial charge in [0.1, 0.15) is 0 Å². The number of likely N-dealkylation sites (N-methyl/N-ethyl adjacent to an activating group) is 1. The lowest BCUT2D eigenvalue weighted by Gasteiger charge is -2.33. The number of hydrogen-bond donors (Lipinski definition) is 2. The maximum Gasteiger partial charge on any atom is 0.181 e. The monoisotopic (exact) mass is 214 g/mol. The summed E-state index contributed by atoms with van der Waals surface area (Å²) in [5.41, 5.74) is 3.15. The van der Waals surface area contributed by atoms with E-state index < -0.39 is 0 Å². The Morgan fingerprint density at radius 2 is 2.07 bits per heavy atom. The van der Waals surface area contributed by atoms with E-state index in [1.165, 1.54) is 0 Å². The minimum atomic E-state index is 0.675. The quantitative estimate of drug-likeness (QED) is 0.502. The van der Waals surface area contributed by atoms with Crippen molar-refractivity contribution in [2.75, 3.05) is 39.8 Å². The lowest BCUT2D eigenvalue weighted by atomic mass is 10.4. The molecule has 0 unspecified atom stereocenters. The number of nitrogens with one attached hydrogen (secondary N) is 2. The molecule has 0 aromatic carbocycles.